The zero-order valence-electron chi connectivity index (χ0n) is 11.7. The second kappa shape index (κ2) is 6.99. The van der Waals surface area contributed by atoms with Crippen LogP contribution in [0.2, 0.25) is 0 Å². The molecule has 19 heavy (non-hydrogen) atoms. The Labute approximate surface area is 113 Å². The van der Waals surface area contributed by atoms with Crippen molar-refractivity contribution in [2.75, 3.05) is 20.1 Å². The Hall–Kier alpha value is -1.75. The first-order valence-corrected chi connectivity index (χ1v) is 6.41. The number of amides is 1. The lowest BCUT2D eigenvalue weighted by Gasteiger charge is -2.20. The summed E-state index contributed by atoms with van der Waals surface area (Å²) >= 11 is 0. The lowest BCUT2D eigenvalue weighted by molar-refractivity contribution is 0.0951. The van der Waals surface area contributed by atoms with E-state index in [9.17, 15) is 15.0 Å². The molecule has 0 saturated carbocycles. The third-order valence-corrected chi connectivity index (χ3v) is 3.02. The molecule has 0 aromatic heterocycles. The Kier molecular flexibility index (Phi) is 5.63. The van der Waals surface area contributed by atoms with Crippen molar-refractivity contribution in [2.24, 2.45) is 0 Å². The van der Waals surface area contributed by atoms with E-state index >= 15 is 0 Å². The maximum atomic E-state index is 11.8. The van der Waals surface area contributed by atoms with Crippen LogP contribution in [0, 0.1) is 0 Å². The minimum absolute atomic E-state index is 0.121. The molecule has 0 aliphatic carbocycles. The zero-order chi connectivity index (χ0) is 14.4. The molecule has 3 N–H and O–H groups in total. The minimum atomic E-state index is -0.293. The van der Waals surface area contributed by atoms with Gasteiger partial charge in [-0.3, -0.25) is 4.79 Å². The van der Waals surface area contributed by atoms with E-state index < -0.39 is 0 Å². The van der Waals surface area contributed by atoms with Crippen LogP contribution in [0.1, 0.15) is 30.6 Å². The van der Waals surface area contributed by atoms with Crippen LogP contribution in [0.5, 0.6) is 11.5 Å². The van der Waals surface area contributed by atoms with Crippen molar-refractivity contribution in [3.05, 3.63) is 23.8 Å². The molecule has 0 heterocycles. The summed E-state index contributed by atoms with van der Waals surface area (Å²) in [6, 6.07) is 4.33. The number of nitrogens with one attached hydrogen (secondary N) is 1. The average molecular weight is 266 g/mol. The van der Waals surface area contributed by atoms with Crippen molar-refractivity contribution < 1.29 is 15.0 Å². The van der Waals surface area contributed by atoms with Crippen molar-refractivity contribution in [3.8, 4) is 11.5 Å². The van der Waals surface area contributed by atoms with Gasteiger partial charge in [-0.05, 0) is 46.0 Å². The van der Waals surface area contributed by atoms with Crippen molar-refractivity contribution in [2.45, 2.75) is 26.3 Å². The van der Waals surface area contributed by atoms with Crippen LogP contribution >= 0.6 is 0 Å². The number of carbonyl (C=O) groups is 1. The number of nitrogens with zero attached hydrogens (tertiary/aromatic N) is 1. The van der Waals surface area contributed by atoms with E-state index in [-0.39, 0.29) is 23.0 Å². The van der Waals surface area contributed by atoms with Gasteiger partial charge in [0.05, 0.1) is 0 Å². The summed E-state index contributed by atoms with van der Waals surface area (Å²) in [7, 11) is 2.04. The fraction of sp³-hybridized carbons (Fsp3) is 0.500. The molecule has 0 spiro atoms. The van der Waals surface area contributed by atoms with Crippen LogP contribution in [0.4, 0.5) is 0 Å². The topological polar surface area (TPSA) is 72.8 Å². The van der Waals surface area contributed by atoms with E-state index in [1.807, 2.05) is 7.05 Å². The average Bonchev–Trinajstić information content (AvgIpc) is 2.32. The molecule has 0 fully saturated rings. The number of hydrogen-bond donors (Lipinski definition) is 3. The van der Waals surface area contributed by atoms with Gasteiger partial charge in [0.15, 0.2) is 0 Å². The summed E-state index contributed by atoms with van der Waals surface area (Å²) in [6.07, 6.45) is 0.852. The molecule has 0 atom stereocenters. The Morgan fingerprint density at radius 3 is 2.37 bits per heavy atom. The number of carbonyl (C=O) groups excluding carboxylic acids is 1. The first-order valence-electron chi connectivity index (χ1n) is 6.41. The van der Waals surface area contributed by atoms with E-state index in [0.29, 0.717) is 12.6 Å². The number of benzene rings is 1. The highest BCUT2D eigenvalue weighted by Crippen LogP contribution is 2.20. The van der Waals surface area contributed by atoms with E-state index in [4.69, 9.17) is 0 Å². The predicted octanol–water partition coefficient (Wildman–Crippen LogP) is 1.56. The monoisotopic (exact) mass is 266 g/mol. The number of aromatic hydroxyl groups is 2. The standard InChI is InChI=1S/C14H22N2O3/c1-10(2)16(3)6-4-5-15-14(19)11-7-12(17)9-13(18)8-11/h7-10,17-18H,4-6H2,1-3H3,(H,15,19). The van der Waals surface area contributed by atoms with Crippen molar-refractivity contribution in [1.82, 2.24) is 10.2 Å². The van der Waals surface area contributed by atoms with E-state index in [2.05, 4.69) is 24.1 Å². The molecule has 1 aromatic carbocycles. The molecule has 1 amide bonds. The molecule has 0 unspecified atom stereocenters. The summed E-state index contributed by atoms with van der Waals surface area (Å²) in [5.74, 6) is -0.534. The first-order chi connectivity index (χ1) is 8.90. The van der Waals surface area contributed by atoms with Crippen molar-refractivity contribution in [1.29, 1.82) is 0 Å². The molecule has 0 aliphatic rings. The van der Waals surface area contributed by atoms with Crippen LogP contribution in [-0.4, -0.2) is 47.2 Å². The summed E-state index contributed by atoms with van der Waals surface area (Å²) < 4.78 is 0. The fourth-order valence-corrected chi connectivity index (χ4v) is 1.62. The van der Waals surface area contributed by atoms with Gasteiger partial charge in [0.2, 0.25) is 0 Å². The van der Waals surface area contributed by atoms with Gasteiger partial charge < -0.3 is 20.4 Å². The lowest BCUT2D eigenvalue weighted by Crippen LogP contribution is -2.31. The van der Waals surface area contributed by atoms with Gasteiger partial charge in [0.1, 0.15) is 11.5 Å². The van der Waals surface area contributed by atoms with Gasteiger partial charge in [-0.15, -0.1) is 0 Å². The number of phenolic OH excluding ortho intramolecular Hbond substituents is 2. The maximum Gasteiger partial charge on any atom is 0.251 e. The molecule has 1 rings (SSSR count). The number of rotatable bonds is 6. The van der Waals surface area contributed by atoms with Gasteiger partial charge >= 0.3 is 0 Å². The third kappa shape index (κ3) is 5.18. The second-order valence-corrected chi connectivity index (χ2v) is 4.92. The highest BCUT2D eigenvalue weighted by molar-refractivity contribution is 5.94. The summed E-state index contributed by atoms with van der Waals surface area (Å²) in [6.45, 7) is 5.71. The van der Waals surface area contributed by atoms with E-state index in [0.717, 1.165) is 13.0 Å². The van der Waals surface area contributed by atoms with Crippen LogP contribution in [0.25, 0.3) is 0 Å². The second-order valence-electron chi connectivity index (χ2n) is 4.92. The fourth-order valence-electron chi connectivity index (χ4n) is 1.62. The SMILES string of the molecule is CC(C)N(C)CCCNC(=O)c1cc(O)cc(O)c1. The van der Waals surface area contributed by atoms with Gasteiger partial charge in [-0.2, -0.15) is 0 Å². The van der Waals surface area contributed by atoms with E-state index in [1.165, 1.54) is 18.2 Å². The normalized spacial score (nSPS) is 11.0. The predicted molar refractivity (Wildman–Crippen MR) is 74.5 cm³/mol. The molecule has 0 saturated heterocycles. The summed E-state index contributed by atoms with van der Waals surface area (Å²) in [4.78, 5) is 14.0. The molecule has 5 nitrogen and oxygen atoms in total. The molecular weight excluding hydrogens is 244 g/mol. The quantitative estimate of drug-likeness (QED) is 0.683. The molecule has 0 bridgehead atoms. The van der Waals surface area contributed by atoms with Crippen LogP contribution in [0.15, 0.2) is 18.2 Å². The Morgan fingerprint density at radius 2 is 1.84 bits per heavy atom. The highest BCUT2D eigenvalue weighted by Gasteiger charge is 2.08. The molecular formula is C14H22N2O3. The van der Waals surface area contributed by atoms with Crippen LogP contribution in [0.3, 0.4) is 0 Å². The Morgan fingerprint density at radius 1 is 1.26 bits per heavy atom. The Balaban J connectivity index is 2.39. The van der Waals surface area contributed by atoms with Crippen molar-refractivity contribution >= 4 is 5.91 Å². The third-order valence-electron chi connectivity index (χ3n) is 3.02. The van der Waals surface area contributed by atoms with Gasteiger partial charge in [0.25, 0.3) is 5.91 Å². The highest BCUT2D eigenvalue weighted by atomic mass is 16.3. The zero-order valence-corrected chi connectivity index (χ0v) is 11.7. The molecule has 106 valence electrons. The molecule has 5 heteroatoms. The summed E-state index contributed by atoms with van der Waals surface area (Å²) in [5.41, 5.74) is 0.259. The van der Waals surface area contributed by atoms with Crippen molar-refractivity contribution in [3.63, 3.8) is 0 Å². The van der Waals surface area contributed by atoms with E-state index in [1.54, 1.807) is 0 Å². The van der Waals surface area contributed by atoms with Gasteiger partial charge in [-0.25, -0.2) is 0 Å². The maximum absolute atomic E-state index is 11.8. The van der Waals surface area contributed by atoms with Crippen LogP contribution in [-0.2, 0) is 0 Å². The smallest absolute Gasteiger partial charge is 0.251 e. The number of hydrogen-bond acceptors (Lipinski definition) is 4. The minimum Gasteiger partial charge on any atom is -0.508 e. The summed E-state index contributed by atoms with van der Waals surface area (Å²) in [5, 5.41) is 21.4. The first kappa shape index (κ1) is 15.3. The van der Waals surface area contributed by atoms with Gasteiger partial charge in [-0.1, -0.05) is 0 Å². The lowest BCUT2D eigenvalue weighted by atomic mass is 10.2. The molecule has 0 radical (unpaired) electrons. The molecule has 1 aromatic rings. The number of phenols is 2. The van der Waals surface area contributed by atoms with Gasteiger partial charge in [0, 0.05) is 24.2 Å². The molecule has 0 aliphatic heterocycles. The largest absolute Gasteiger partial charge is 0.508 e. The Bertz CT molecular complexity index is 412. The van der Waals surface area contributed by atoms with Crippen LogP contribution < -0.4 is 5.32 Å².